The molecule has 0 bridgehead atoms. The third-order valence-corrected chi connectivity index (χ3v) is 6.00. The Labute approximate surface area is 161 Å². The van der Waals surface area contributed by atoms with Gasteiger partial charge in [0, 0.05) is 17.9 Å². The highest BCUT2D eigenvalue weighted by atomic mass is 32.1. The lowest BCUT2D eigenvalue weighted by atomic mass is 10.1. The smallest absolute Gasteiger partial charge is 0.260 e. The van der Waals surface area contributed by atoms with Gasteiger partial charge in [-0.3, -0.25) is 9.78 Å². The van der Waals surface area contributed by atoms with E-state index in [1.54, 1.807) is 17.5 Å². The van der Waals surface area contributed by atoms with Crippen LogP contribution in [-0.2, 0) is 6.42 Å². The molecular formula is C22H17N3OS. The van der Waals surface area contributed by atoms with Crippen molar-refractivity contribution >= 4 is 33.1 Å². The van der Waals surface area contributed by atoms with Crippen molar-refractivity contribution in [3.63, 3.8) is 0 Å². The van der Waals surface area contributed by atoms with E-state index in [0.717, 1.165) is 27.3 Å². The largest absolute Gasteiger partial charge is 0.305 e. The maximum absolute atomic E-state index is 13.5. The van der Waals surface area contributed by atoms with Crippen LogP contribution in [-0.4, -0.2) is 21.9 Å². The van der Waals surface area contributed by atoms with Crippen LogP contribution in [0, 0.1) is 0 Å². The second-order valence-electron chi connectivity index (χ2n) is 6.74. The van der Waals surface area contributed by atoms with E-state index in [1.165, 1.54) is 5.56 Å². The maximum Gasteiger partial charge on any atom is 0.260 e. The van der Waals surface area contributed by atoms with Gasteiger partial charge >= 0.3 is 0 Å². The Balaban J connectivity index is 1.61. The minimum Gasteiger partial charge on any atom is -0.305 e. The first-order valence-corrected chi connectivity index (χ1v) is 9.76. The number of aromatic nitrogens is 2. The summed E-state index contributed by atoms with van der Waals surface area (Å²) in [7, 11) is 0. The molecule has 27 heavy (non-hydrogen) atoms. The third kappa shape index (κ3) is 2.62. The fourth-order valence-corrected chi connectivity index (χ4v) is 4.70. The number of para-hydroxylation sites is 2. The molecular weight excluding hydrogens is 354 g/mol. The zero-order valence-electron chi connectivity index (χ0n) is 14.8. The predicted octanol–water partition coefficient (Wildman–Crippen LogP) is 4.95. The summed E-state index contributed by atoms with van der Waals surface area (Å²) in [6.07, 6.45) is 2.60. The van der Waals surface area contributed by atoms with Gasteiger partial charge in [0.25, 0.3) is 5.91 Å². The molecule has 0 N–H and O–H groups in total. The predicted molar refractivity (Wildman–Crippen MR) is 109 cm³/mol. The molecule has 0 saturated carbocycles. The van der Waals surface area contributed by atoms with Crippen LogP contribution in [0.15, 0.2) is 66.9 Å². The van der Waals surface area contributed by atoms with E-state index in [2.05, 4.69) is 18.0 Å². The van der Waals surface area contributed by atoms with Crippen molar-refractivity contribution in [3.05, 3.63) is 78.0 Å². The number of amides is 1. The van der Waals surface area contributed by atoms with Gasteiger partial charge < -0.3 is 4.90 Å². The first kappa shape index (κ1) is 16.1. The van der Waals surface area contributed by atoms with Crippen molar-refractivity contribution in [1.29, 1.82) is 0 Å². The summed E-state index contributed by atoms with van der Waals surface area (Å²) in [5.74, 6) is -0.0187. The molecule has 1 aliphatic heterocycles. The zero-order chi connectivity index (χ0) is 18.4. The van der Waals surface area contributed by atoms with Crippen LogP contribution >= 0.6 is 11.3 Å². The molecule has 0 aliphatic carbocycles. The van der Waals surface area contributed by atoms with Crippen molar-refractivity contribution < 1.29 is 4.79 Å². The Morgan fingerprint density at radius 2 is 1.89 bits per heavy atom. The van der Waals surface area contributed by atoms with Crippen LogP contribution in [0.5, 0.6) is 0 Å². The van der Waals surface area contributed by atoms with E-state index in [9.17, 15) is 4.79 Å². The molecule has 1 amide bonds. The number of carbonyl (C=O) groups is 1. The Morgan fingerprint density at radius 3 is 2.78 bits per heavy atom. The van der Waals surface area contributed by atoms with E-state index in [0.29, 0.717) is 11.3 Å². The zero-order valence-corrected chi connectivity index (χ0v) is 15.6. The minimum absolute atomic E-state index is 0.0187. The summed E-state index contributed by atoms with van der Waals surface area (Å²) in [6, 6.07) is 19.9. The number of benzene rings is 2. The highest BCUT2D eigenvalue weighted by Crippen LogP contribution is 2.36. The van der Waals surface area contributed by atoms with Crippen molar-refractivity contribution in [3.8, 4) is 10.7 Å². The Kier molecular flexibility index (Phi) is 3.76. The topological polar surface area (TPSA) is 46.1 Å². The van der Waals surface area contributed by atoms with Gasteiger partial charge in [0.1, 0.15) is 10.7 Å². The van der Waals surface area contributed by atoms with Gasteiger partial charge in [-0.1, -0.05) is 30.3 Å². The van der Waals surface area contributed by atoms with Gasteiger partial charge in [-0.05, 0) is 49.2 Å². The number of anilines is 1. The standard InChI is InChI=1S/C22H17N3OS/c1-14-13-15-7-2-4-10-18(15)25(14)22(26)16-8-6-12-23-20(16)21-24-17-9-3-5-11-19(17)27-21/h2-12,14H,13H2,1H3/t14-/m1/s1. The SMILES string of the molecule is C[C@@H]1Cc2ccccc2N1C(=O)c1cccnc1-c1nc2ccccc2s1. The summed E-state index contributed by atoms with van der Waals surface area (Å²) in [6.45, 7) is 2.09. The van der Waals surface area contributed by atoms with E-state index in [1.807, 2.05) is 59.5 Å². The summed E-state index contributed by atoms with van der Waals surface area (Å²) in [4.78, 5) is 24.6. The van der Waals surface area contributed by atoms with E-state index < -0.39 is 0 Å². The van der Waals surface area contributed by atoms with Gasteiger partial charge in [0.2, 0.25) is 0 Å². The number of hydrogen-bond acceptors (Lipinski definition) is 4. The molecule has 4 nitrogen and oxygen atoms in total. The first-order valence-electron chi connectivity index (χ1n) is 8.95. The second kappa shape index (κ2) is 6.28. The number of carbonyl (C=O) groups excluding carboxylic acids is 1. The van der Waals surface area contributed by atoms with Crippen LogP contribution in [0.3, 0.4) is 0 Å². The van der Waals surface area contributed by atoms with Crippen molar-refractivity contribution in [2.75, 3.05) is 4.90 Å². The maximum atomic E-state index is 13.5. The van der Waals surface area contributed by atoms with Crippen LogP contribution in [0.2, 0.25) is 0 Å². The number of hydrogen-bond donors (Lipinski definition) is 0. The molecule has 5 rings (SSSR count). The minimum atomic E-state index is -0.0187. The van der Waals surface area contributed by atoms with E-state index >= 15 is 0 Å². The Bertz CT molecular complexity index is 1130. The van der Waals surface area contributed by atoms with Gasteiger partial charge in [0.15, 0.2) is 0 Å². The molecule has 1 aliphatic rings. The monoisotopic (exact) mass is 371 g/mol. The second-order valence-corrected chi connectivity index (χ2v) is 7.77. The molecule has 0 fully saturated rings. The number of pyridine rings is 1. The summed E-state index contributed by atoms with van der Waals surface area (Å²) < 4.78 is 1.09. The molecule has 0 saturated heterocycles. The summed E-state index contributed by atoms with van der Waals surface area (Å²) in [5.41, 5.74) is 4.39. The lowest BCUT2D eigenvalue weighted by molar-refractivity contribution is 0.0982. The quantitative estimate of drug-likeness (QED) is 0.501. The number of thiazole rings is 1. The lowest BCUT2D eigenvalue weighted by Crippen LogP contribution is -2.36. The average Bonchev–Trinajstić information content (AvgIpc) is 3.27. The molecule has 2 aromatic heterocycles. The summed E-state index contributed by atoms with van der Waals surface area (Å²) in [5, 5.41) is 0.778. The van der Waals surface area contributed by atoms with Crippen LogP contribution in [0.1, 0.15) is 22.8 Å². The highest BCUT2D eigenvalue weighted by molar-refractivity contribution is 7.21. The Hall–Kier alpha value is -3.05. The number of rotatable bonds is 2. The molecule has 0 radical (unpaired) electrons. The molecule has 1 atom stereocenters. The molecule has 2 aromatic carbocycles. The summed E-state index contributed by atoms with van der Waals surface area (Å²) >= 11 is 1.57. The fourth-order valence-electron chi connectivity index (χ4n) is 3.73. The molecule has 0 unspecified atom stereocenters. The molecule has 132 valence electrons. The van der Waals surface area contributed by atoms with Crippen molar-refractivity contribution in [1.82, 2.24) is 9.97 Å². The fraction of sp³-hybridized carbons (Fsp3) is 0.136. The van der Waals surface area contributed by atoms with Crippen molar-refractivity contribution in [2.45, 2.75) is 19.4 Å². The lowest BCUT2D eigenvalue weighted by Gasteiger charge is -2.23. The number of fused-ring (bicyclic) bond motifs is 2. The van der Waals surface area contributed by atoms with Gasteiger partial charge in [-0.15, -0.1) is 11.3 Å². The van der Waals surface area contributed by atoms with Gasteiger partial charge in [-0.25, -0.2) is 4.98 Å². The van der Waals surface area contributed by atoms with Crippen LogP contribution in [0.25, 0.3) is 20.9 Å². The molecule has 5 heteroatoms. The molecule has 3 heterocycles. The normalized spacial score (nSPS) is 15.9. The van der Waals surface area contributed by atoms with Crippen LogP contribution in [0.4, 0.5) is 5.69 Å². The van der Waals surface area contributed by atoms with E-state index in [4.69, 9.17) is 4.98 Å². The van der Waals surface area contributed by atoms with Gasteiger partial charge in [-0.2, -0.15) is 0 Å². The first-order chi connectivity index (χ1) is 13.2. The highest BCUT2D eigenvalue weighted by Gasteiger charge is 2.32. The third-order valence-electron chi connectivity index (χ3n) is 4.96. The van der Waals surface area contributed by atoms with Crippen molar-refractivity contribution in [2.24, 2.45) is 0 Å². The average molecular weight is 371 g/mol. The van der Waals surface area contributed by atoms with Crippen LogP contribution < -0.4 is 4.90 Å². The molecule has 4 aromatic rings. The van der Waals surface area contributed by atoms with E-state index in [-0.39, 0.29) is 11.9 Å². The number of nitrogens with zero attached hydrogens (tertiary/aromatic N) is 3. The Morgan fingerprint density at radius 1 is 1.07 bits per heavy atom. The molecule has 0 spiro atoms. The van der Waals surface area contributed by atoms with Gasteiger partial charge in [0.05, 0.1) is 15.8 Å².